The topological polar surface area (TPSA) is 79.2 Å². The molecule has 1 heterocycles. The number of halogens is 2. The summed E-state index contributed by atoms with van der Waals surface area (Å²) in [5, 5.41) is 10.1. The van der Waals surface area contributed by atoms with Crippen LogP contribution in [0.4, 0.5) is 5.69 Å². The van der Waals surface area contributed by atoms with Crippen molar-refractivity contribution in [3.63, 3.8) is 0 Å². The normalized spacial score (nSPS) is 15.7. The molecule has 178 valence electrons. The first kappa shape index (κ1) is 25.3. The van der Waals surface area contributed by atoms with E-state index in [1.165, 1.54) is 23.9 Å². The summed E-state index contributed by atoms with van der Waals surface area (Å²) in [6.45, 7) is 2.74. The van der Waals surface area contributed by atoms with Crippen LogP contribution in [-0.2, 0) is 11.4 Å². The average Bonchev–Trinajstić information content (AvgIpc) is 3.13. The smallest absolute Gasteiger partial charge is 0.335 e. The lowest BCUT2D eigenvalue weighted by molar-refractivity contribution is -0.122. The molecule has 6 nitrogen and oxygen atoms in total. The number of carboxylic acids is 1. The molecule has 1 aliphatic rings. The van der Waals surface area contributed by atoms with Crippen molar-refractivity contribution in [1.82, 2.24) is 4.90 Å². The minimum atomic E-state index is -1.00. The number of amidine groups is 1. The van der Waals surface area contributed by atoms with Gasteiger partial charge in [-0.3, -0.25) is 9.69 Å². The fourth-order valence-corrected chi connectivity index (χ4v) is 4.94. The summed E-state index contributed by atoms with van der Waals surface area (Å²) < 4.78 is 7.02. The number of amides is 1. The summed E-state index contributed by atoms with van der Waals surface area (Å²) in [4.78, 5) is 30.7. The van der Waals surface area contributed by atoms with E-state index < -0.39 is 5.97 Å². The molecule has 0 spiro atoms. The molecule has 3 aromatic rings. The molecule has 0 unspecified atom stereocenters. The zero-order valence-corrected chi connectivity index (χ0v) is 22.3. The van der Waals surface area contributed by atoms with Crippen molar-refractivity contribution in [1.29, 1.82) is 0 Å². The summed E-state index contributed by atoms with van der Waals surface area (Å²) in [7, 11) is 0. The molecule has 0 aromatic heterocycles. The molecule has 3 aromatic carbocycles. The summed E-state index contributed by atoms with van der Waals surface area (Å²) in [5.74, 6) is -0.575. The summed E-state index contributed by atoms with van der Waals surface area (Å²) in [6, 6.07) is 19.7. The number of nitrogens with zero attached hydrogens (tertiary/aromatic N) is 2. The van der Waals surface area contributed by atoms with Crippen molar-refractivity contribution < 1.29 is 19.4 Å². The third-order valence-electron chi connectivity index (χ3n) is 5.10. The highest BCUT2D eigenvalue weighted by atomic mass is 127. The molecule has 1 fully saturated rings. The van der Waals surface area contributed by atoms with Crippen LogP contribution in [0.5, 0.6) is 5.75 Å². The van der Waals surface area contributed by atoms with E-state index in [4.69, 9.17) is 21.4 Å². The maximum absolute atomic E-state index is 12.9. The Kier molecular flexibility index (Phi) is 8.15. The molecular weight excluding hydrogens is 599 g/mol. The van der Waals surface area contributed by atoms with E-state index in [2.05, 4.69) is 27.6 Å². The van der Waals surface area contributed by atoms with Crippen molar-refractivity contribution in [3.8, 4) is 5.75 Å². The zero-order valence-electron chi connectivity index (χ0n) is 18.6. The Morgan fingerprint density at radius 1 is 1.14 bits per heavy atom. The van der Waals surface area contributed by atoms with E-state index in [0.29, 0.717) is 39.7 Å². The summed E-state index contributed by atoms with van der Waals surface area (Å²) >= 11 is 9.97. The van der Waals surface area contributed by atoms with Gasteiger partial charge in [0.15, 0.2) is 5.17 Å². The minimum Gasteiger partial charge on any atom is -0.487 e. The van der Waals surface area contributed by atoms with Gasteiger partial charge < -0.3 is 9.84 Å². The van der Waals surface area contributed by atoms with Gasteiger partial charge in [0.05, 0.1) is 21.2 Å². The Balaban J connectivity index is 1.50. The molecule has 0 radical (unpaired) electrons. The Bertz CT molecular complexity index is 1320. The number of carbonyl (C=O) groups is 2. The summed E-state index contributed by atoms with van der Waals surface area (Å²) in [6.07, 6.45) is 1.78. The van der Waals surface area contributed by atoms with Crippen molar-refractivity contribution in [2.45, 2.75) is 13.5 Å². The van der Waals surface area contributed by atoms with Gasteiger partial charge in [0.25, 0.3) is 5.91 Å². The number of likely N-dealkylation sites (N-methyl/N-ethyl adjacent to an activating group) is 1. The molecule has 0 saturated carbocycles. The second-order valence-corrected chi connectivity index (χ2v) is 10.2. The predicted molar refractivity (Wildman–Crippen MR) is 148 cm³/mol. The highest BCUT2D eigenvalue weighted by Crippen LogP contribution is 2.35. The van der Waals surface area contributed by atoms with Gasteiger partial charge in [0.2, 0.25) is 0 Å². The Morgan fingerprint density at radius 2 is 1.86 bits per heavy atom. The number of aliphatic imine (C=N–C) groups is 1. The lowest BCUT2D eigenvalue weighted by atomic mass is 10.2. The van der Waals surface area contributed by atoms with E-state index >= 15 is 0 Å². The maximum atomic E-state index is 12.9. The average molecular weight is 619 g/mol. The van der Waals surface area contributed by atoms with Crippen LogP contribution in [0.25, 0.3) is 6.08 Å². The molecule has 1 saturated heterocycles. The first-order valence-corrected chi connectivity index (χ1v) is 12.9. The minimum absolute atomic E-state index is 0.145. The van der Waals surface area contributed by atoms with Gasteiger partial charge in [-0.1, -0.05) is 29.8 Å². The van der Waals surface area contributed by atoms with Gasteiger partial charge >= 0.3 is 5.97 Å². The van der Waals surface area contributed by atoms with E-state index in [9.17, 15) is 9.59 Å². The van der Waals surface area contributed by atoms with E-state index in [1.54, 1.807) is 35.2 Å². The second kappa shape index (κ2) is 11.3. The molecule has 9 heteroatoms. The third kappa shape index (κ3) is 6.25. The van der Waals surface area contributed by atoms with Crippen LogP contribution in [-0.4, -0.2) is 33.6 Å². The fourth-order valence-electron chi connectivity index (χ4n) is 3.28. The first-order valence-electron chi connectivity index (χ1n) is 10.6. The molecule has 35 heavy (non-hydrogen) atoms. The van der Waals surface area contributed by atoms with E-state index in [1.807, 2.05) is 37.3 Å². The Hall–Kier alpha value is -2.82. The fraction of sp³-hybridized carbons (Fsp3) is 0.115. The molecule has 0 bridgehead atoms. The predicted octanol–water partition coefficient (Wildman–Crippen LogP) is 6.85. The van der Waals surface area contributed by atoms with Crippen molar-refractivity contribution in [3.05, 3.63) is 96.9 Å². The number of rotatable bonds is 7. The number of carboxylic acid groups (broad SMARTS) is 1. The lowest BCUT2D eigenvalue weighted by Crippen LogP contribution is -2.28. The summed E-state index contributed by atoms with van der Waals surface area (Å²) in [5.41, 5.74) is 2.57. The van der Waals surface area contributed by atoms with Crippen LogP contribution in [0.2, 0.25) is 5.02 Å². The third-order valence-corrected chi connectivity index (χ3v) is 7.13. The van der Waals surface area contributed by atoms with Crippen molar-refractivity contribution in [2.75, 3.05) is 6.54 Å². The van der Waals surface area contributed by atoms with Crippen LogP contribution in [0.1, 0.15) is 28.4 Å². The number of ether oxygens (including phenoxy) is 1. The van der Waals surface area contributed by atoms with Gasteiger partial charge in [-0.15, -0.1) is 0 Å². The van der Waals surface area contributed by atoms with E-state index in [-0.39, 0.29) is 11.5 Å². The number of carbonyl (C=O) groups excluding carboxylic acids is 1. The van der Waals surface area contributed by atoms with Crippen LogP contribution in [0.15, 0.2) is 76.6 Å². The number of aromatic carboxylic acids is 1. The van der Waals surface area contributed by atoms with Crippen LogP contribution >= 0.6 is 46.0 Å². The van der Waals surface area contributed by atoms with Gasteiger partial charge in [-0.2, -0.15) is 0 Å². The van der Waals surface area contributed by atoms with Gasteiger partial charge in [0, 0.05) is 10.1 Å². The molecular formula is C26H20ClIN2O4S. The quantitative estimate of drug-likeness (QED) is 0.232. The molecule has 0 aliphatic carbocycles. The van der Waals surface area contributed by atoms with Crippen LogP contribution < -0.4 is 4.74 Å². The number of thioether (sulfide) groups is 1. The molecule has 1 N–H and O–H groups in total. The van der Waals surface area contributed by atoms with Crippen molar-refractivity contribution in [2.24, 2.45) is 4.99 Å². The number of hydrogen-bond acceptors (Lipinski definition) is 5. The van der Waals surface area contributed by atoms with Gasteiger partial charge in [0.1, 0.15) is 12.4 Å². The highest BCUT2D eigenvalue weighted by Gasteiger charge is 2.32. The SMILES string of the molecule is CCN1C(=O)C(=Cc2ccc(OCc3ccc(I)cc3)c(Cl)c2)SC1=Nc1ccc(C(=O)O)cc1. The molecule has 4 rings (SSSR count). The van der Waals surface area contributed by atoms with Gasteiger partial charge in [-0.05, 0) is 107 Å². The monoisotopic (exact) mass is 618 g/mol. The standard InChI is InChI=1S/C26H20ClIN2O4S/c1-2-30-24(31)23(35-26(30)29-20-10-6-18(7-11-20)25(32)33)14-17-5-12-22(21(27)13-17)34-15-16-3-8-19(28)9-4-16/h3-14H,2,15H2,1H3,(H,32,33). The number of benzene rings is 3. The first-order chi connectivity index (χ1) is 16.8. The van der Waals surface area contributed by atoms with E-state index in [0.717, 1.165) is 14.7 Å². The molecule has 1 amide bonds. The number of hydrogen-bond donors (Lipinski definition) is 1. The molecule has 1 aliphatic heterocycles. The van der Waals surface area contributed by atoms with Crippen LogP contribution in [0, 0.1) is 3.57 Å². The largest absolute Gasteiger partial charge is 0.487 e. The van der Waals surface area contributed by atoms with Crippen molar-refractivity contribution >= 4 is 74.8 Å². The Morgan fingerprint density at radius 3 is 2.49 bits per heavy atom. The second-order valence-electron chi connectivity index (χ2n) is 7.51. The maximum Gasteiger partial charge on any atom is 0.335 e. The lowest BCUT2D eigenvalue weighted by Gasteiger charge is -2.12. The Labute approximate surface area is 225 Å². The zero-order chi connectivity index (χ0) is 24.9. The molecule has 0 atom stereocenters. The highest BCUT2D eigenvalue weighted by molar-refractivity contribution is 14.1. The van der Waals surface area contributed by atoms with Gasteiger partial charge in [-0.25, -0.2) is 9.79 Å². The van der Waals surface area contributed by atoms with Crippen LogP contribution in [0.3, 0.4) is 0 Å².